The summed E-state index contributed by atoms with van der Waals surface area (Å²) in [5.74, 6) is 0.120. The molecule has 7 nitrogen and oxygen atoms in total. The summed E-state index contributed by atoms with van der Waals surface area (Å²) < 4.78 is 8.83. The van der Waals surface area contributed by atoms with Gasteiger partial charge in [0.15, 0.2) is 12.4 Å². The number of nitrogens with one attached hydrogen (secondary N) is 1. The van der Waals surface area contributed by atoms with Gasteiger partial charge in [-0.15, -0.1) is 0 Å². The quantitative estimate of drug-likeness (QED) is 0.389. The van der Waals surface area contributed by atoms with Crippen LogP contribution in [0, 0.1) is 0 Å². The summed E-state index contributed by atoms with van der Waals surface area (Å²) >= 11 is 17.9. The average molecular weight is 477 g/mol. The van der Waals surface area contributed by atoms with Crippen LogP contribution in [0.5, 0.6) is 5.75 Å². The molecule has 0 spiro atoms. The van der Waals surface area contributed by atoms with Crippen molar-refractivity contribution in [3.63, 3.8) is 0 Å². The maximum absolute atomic E-state index is 12.5. The molecule has 0 saturated heterocycles. The molecule has 4 rings (SSSR count). The van der Waals surface area contributed by atoms with Gasteiger partial charge < -0.3 is 10.1 Å². The van der Waals surface area contributed by atoms with Crippen LogP contribution in [-0.4, -0.2) is 25.5 Å². The largest absolute Gasteiger partial charge is 0.470 e. The van der Waals surface area contributed by atoms with Gasteiger partial charge in [-0.3, -0.25) is 9.48 Å². The molecule has 158 valence electrons. The predicted octanol–water partition coefficient (Wildman–Crippen LogP) is 5.38. The lowest BCUT2D eigenvalue weighted by molar-refractivity contribution is 0.102. The highest BCUT2D eigenvalue weighted by Gasteiger charge is 2.12. The fourth-order valence-corrected chi connectivity index (χ4v) is 3.36. The number of carbonyl (C=O) groups is 1. The SMILES string of the molecule is O=C(Nc1cnn(Cc2ccc(Cl)cc2)c1)c1ccn(COc2ccc(Cl)cc2Cl)n1. The van der Waals surface area contributed by atoms with E-state index in [1.54, 1.807) is 47.5 Å². The zero-order chi connectivity index (χ0) is 21.8. The van der Waals surface area contributed by atoms with Crippen molar-refractivity contribution in [3.05, 3.63) is 93.4 Å². The molecule has 10 heteroatoms. The summed E-state index contributed by atoms with van der Waals surface area (Å²) in [6, 6.07) is 14.0. The van der Waals surface area contributed by atoms with Gasteiger partial charge in [0.05, 0.1) is 23.5 Å². The van der Waals surface area contributed by atoms with E-state index in [2.05, 4.69) is 15.5 Å². The maximum atomic E-state index is 12.5. The Balaban J connectivity index is 1.33. The summed E-state index contributed by atoms with van der Waals surface area (Å²) in [4.78, 5) is 12.5. The molecule has 0 fully saturated rings. The molecule has 4 aromatic rings. The van der Waals surface area contributed by atoms with Crippen molar-refractivity contribution < 1.29 is 9.53 Å². The standard InChI is InChI=1S/C21H16Cl3N5O2/c22-15-3-1-14(2-4-15)11-29-12-17(10-25-29)26-21(30)19-7-8-28(27-19)13-31-20-6-5-16(23)9-18(20)24/h1-10,12H,11,13H2,(H,26,30). The first kappa shape index (κ1) is 21.2. The van der Waals surface area contributed by atoms with Crippen LogP contribution in [0.1, 0.15) is 16.1 Å². The third-order valence-corrected chi connectivity index (χ3v) is 5.05. The number of aromatic nitrogens is 4. The molecule has 0 radical (unpaired) electrons. The minimum atomic E-state index is -0.352. The Morgan fingerprint density at radius 2 is 1.77 bits per heavy atom. The first-order chi connectivity index (χ1) is 15.0. The van der Waals surface area contributed by atoms with Crippen molar-refractivity contribution in [2.45, 2.75) is 13.3 Å². The first-order valence-electron chi connectivity index (χ1n) is 9.16. The second kappa shape index (κ2) is 9.43. The molecular weight excluding hydrogens is 461 g/mol. The highest BCUT2D eigenvalue weighted by molar-refractivity contribution is 6.35. The van der Waals surface area contributed by atoms with Crippen LogP contribution in [0.4, 0.5) is 5.69 Å². The van der Waals surface area contributed by atoms with Crippen LogP contribution in [-0.2, 0) is 13.3 Å². The van der Waals surface area contributed by atoms with E-state index in [4.69, 9.17) is 39.5 Å². The molecule has 0 aliphatic heterocycles. The smallest absolute Gasteiger partial charge is 0.276 e. The molecule has 0 saturated carbocycles. The van der Waals surface area contributed by atoms with Crippen LogP contribution in [0.15, 0.2) is 67.1 Å². The van der Waals surface area contributed by atoms with E-state index in [-0.39, 0.29) is 18.3 Å². The molecule has 0 unspecified atom stereocenters. The Morgan fingerprint density at radius 1 is 1.00 bits per heavy atom. The molecule has 0 bridgehead atoms. The second-order valence-electron chi connectivity index (χ2n) is 6.60. The lowest BCUT2D eigenvalue weighted by atomic mass is 10.2. The normalized spacial score (nSPS) is 10.8. The number of rotatable bonds is 7. The van der Waals surface area contributed by atoms with Gasteiger partial charge in [-0.1, -0.05) is 46.9 Å². The van der Waals surface area contributed by atoms with E-state index in [9.17, 15) is 4.79 Å². The summed E-state index contributed by atoms with van der Waals surface area (Å²) in [7, 11) is 0. The number of amides is 1. The van der Waals surface area contributed by atoms with Gasteiger partial charge in [-0.25, -0.2) is 4.68 Å². The number of hydrogen-bond donors (Lipinski definition) is 1. The Bertz CT molecular complexity index is 1200. The second-order valence-corrected chi connectivity index (χ2v) is 7.88. The van der Waals surface area contributed by atoms with Gasteiger partial charge in [0.1, 0.15) is 5.75 Å². The van der Waals surface area contributed by atoms with Crippen molar-refractivity contribution in [2.24, 2.45) is 0 Å². The number of anilines is 1. The summed E-state index contributed by atoms with van der Waals surface area (Å²) in [5, 5.41) is 12.9. The van der Waals surface area contributed by atoms with E-state index in [0.717, 1.165) is 5.56 Å². The Labute approximate surface area is 193 Å². The topological polar surface area (TPSA) is 74.0 Å². The highest BCUT2D eigenvalue weighted by atomic mass is 35.5. The van der Waals surface area contributed by atoms with Crippen molar-refractivity contribution >= 4 is 46.4 Å². The van der Waals surface area contributed by atoms with E-state index >= 15 is 0 Å². The van der Waals surface area contributed by atoms with Crippen molar-refractivity contribution in [1.82, 2.24) is 19.6 Å². The lowest BCUT2D eigenvalue weighted by Gasteiger charge is -2.08. The van der Waals surface area contributed by atoms with Gasteiger partial charge in [0.25, 0.3) is 5.91 Å². The molecule has 2 aromatic carbocycles. The van der Waals surface area contributed by atoms with Crippen LogP contribution in [0.2, 0.25) is 15.1 Å². The molecule has 1 amide bonds. The van der Waals surface area contributed by atoms with Gasteiger partial charge in [-0.05, 0) is 42.0 Å². The molecule has 31 heavy (non-hydrogen) atoms. The number of benzene rings is 2. The monoisotopic (exact) mass is 475 g/mol. The number of nitrogens with zero attached hydrogens (tertiary/aromatic N) is 4. The maximum Gasteiger partial charge on any atom is 0.276 e. The van der Waals surface area contributed by atoms with E-state index < -0.39 is 0 Å². The van der Waals surface area contributed by atoms with Crippen molar-refractivity contribution in [1.29, 1.82) is 0 Å². The van der Waals surface area contributed by atoms with Gasteiger partial charge in [0.2, 0.25) is 0 Å². The lowest BCUT2D eigenvalue weighted by Crippen LogP contribution is -2.14. The molecule has 0 atom stereocenters. The number of halogens is 3. The molecule has 0 aliphatic rings. The average Bonchev–Trinajstić information content (AvgIpc) is 3.39. The molecule has 0 aliphatic carbocycles. The van der Waals surface area contributed by atoms with E-state index in [1.807, 2.05) is 24.3 Å². The first-order valence-corrected chi connectivity index (χ1v) is 10.3. The molecule has 2 heterocycles. The van der Waals surface area contributed by atoms with Crippen LogP contribution < -0.4 is 10.1 Å². The zero-order valence-electron chi connectivity index (χ0n) is 16.0. The van der Waals surface area contributed by atoms with Crippen LogP contribution in [0.3, 0.4) is 0 Å². The van der Waals surface area contributed by atoms with Gasteiger partial charge >= 0.3 is 0 Å². The molecular formula is C21H16Cl3N5O2. The fourth-order valence-electron chi connectivity index (χ4n) is 2.77. The number of ether oxygens (including phenoxy) is 1. The van der Waals surface area contributed by atoms with Crippen LogP contribution in [0.25, 0.3) is 0 Å². The minimum Gasteiger partial charge on any atom is -0.470 e. The van der Waals surface area contributed by atoms with Crippen molar-refractivity contribution in [3.8, 4) is 5.75 Å². The predicted molar refractivity (Wildman–Crippen MR) is 120 cm³/mol. The summed E-state index contributed by atoms with van der Waals surface area (Å²) in [6.07, 6.45) is 4.97. The Hall–Kier alpha value is -3.00. The van der Waals surface area contributed by atoms with E-state index in [0.29, 0.717) is 33.0 Å². The van der Waals surface area contributed by atoms with Crippen molar-refractivity contribution in [2.75, 3.05) is 5.32 Å². The molecule has 2 aromatic heterocycles. The van der Waals surface area contributed by atoms with Gasteiger partial charge in [-0.2, -0.15) is 10.2 Å². The van der Waals surface area contributed by atoms with Crippen LogP contribution >= 0.6 is 34.8 Å². The highest BCUT2D eigenvalue weighted by Crippen LogP contribution is 2.27. The zero-order valence-corrected chi connectivity index (χ0v) is 18.3. The minimum absolute atomic E-state index is 0.0909. The fraction of sp³-hybridized carbons (Fsp3) is 0.0952. The summed E-state index contributed by atoms with van der Waals surface area (Å²) in [6.45, 7) is 0.653. The summed E-state index contributed by atoms with van der Waals surface area (Å²) in [5.41, 5.74) is 1.86. The molecule has 1 N–H and O–H groups in total. The van der Waals surface area contributed by atoms with E-state index in [1.165, 1.54) is 4.68 Å². The third-order valence-electron chi connectivity index (χ3n) is 4.27. The third kappa shape index (κ3) is 5.58. The number of carbonyl (C=O) groups excluding carboxylic acids is 1. The Morgan fingerprint density at radius 3 is 2.55 bits per heavy atom. The van der Waals surface area contributed by atoms with Gasteiger partial charge in [0, 0.05) is 22.4 Å². The number of hydrogen-bond acceptors (Lipinski definition) is 4. The Kier molecular flexibility index (Phi) is 6.46.